The number of rotatable bonds is 7. The number of hydrogen-bond donors (Lipinski definition) is 0. The number of hydrogen-bond acceptors (Lipinski definition) is 1. The number of allylic oxidation sites excluding steroid dienone is 1. The van der Waals surface area contributed by atoms with Crippen LogP contribution >= 0.6 is 0 Å². The lowest BCUT2D eigenvalue weighted by atomic mass is 9.44. The number of unbranched alkanes of at least 4 members (excludes halogenated alkanes) is 2. The third kappa shape index (κ3) is 2.65. The fourth-order valence-electron chi connectivity index (χ4n) is 6.04. The summed E-state index contributed by atoms with van der Waals surface area (Å²) in [4.78, 5) is 0. The zero-order chi connectivity index (χ0) is 16.0. The highest BCUT2D eigenvalue weighted by Crippen LogP contribution is 2.65. The van der Waals surface area contributed by atoms with Crippen molar-refractivity contribution >= 4 is 0 Å². The maximum atomic E-state index is 6.67. The van der Waals surface area contributed by atoms with E-state index in [0.717, 1.165) is 29.1 Å². The van der Waals surface area contributed by atoms with Crippen LogP contribution in [0.5, 0.6) is 0 Å². The van der Waals surface area contributed by atoms with Crippen molar-refractivity contribution in [2.75, 3.05) is 0 Å². The minimum Gasteiger partial charge on any atom is -0.487 e. The Labute approximate surface area is 137 Å². The Morgan fingerprint density at radius 2 is 1.73 bits per heavy atom. The van der Waals surface area contributed by atoms with E-state index in [0.29, 0.717) is 5.41 Å². The van der Waals surface area contributed by atoms with Crippen LogP contribution in [0.2, 0.25) is 0 Å². The summed E-state index contributed by atoms with van der Waals surface area (Å²) in [6.45, 7) is 15.1. The Hall–Kier alpha value is -0.720. The molecule has 2 atom stereocenters. The third-order valence-corrected chi connectivity index (χ3v) is 6.84. The van der Waals surface area contributed by atoms with E-state index >= 15 is 0 Å². The fraction of sp³-hybridized carbons (Fsp3) is 0.810. The van der Waals surface area contributed by atoms with Gasteiger partial charge in [-0.15, -0.1) is 0 Å². The summed E-state index contributed by atoms with van der Waals surface area (Å²) < 4.78 is 6.67. The quantitative estimate of drug-likeness (QED) is 0.306. The van der Waals surface area contributed by atoms with Crippen molar-refractivity contribution in [1.29, 1.82) is 0 Å². The molecule has 124 valence electrons. The van der Waals surface area contributed by atoms with Crippen LogP contribution in [-0.4, -0.2) is 5.60 Å². The van der Waals surface area contributed by atoms with E-state index in [1.54, 1.807) is 0 Å². The normalized spacial score (nSPS) is 42.4. The van der Waals surface area contributed by atoms with E-state index in [1.165, 1.54) is 57.8 Å². The molecule has 1 heteroatoms. The molecule has 4 fully saturated rings. The van der Waals surface area contributed by atoms with E-state index < -0.39 is 0 Å². The summed E-state index contributed by atoms with van der Waals surface area (Å²) in [5, 5.41) is 0. The molecule has 0 N–H and O–H groups in total. The van der Waals surface area contributed by atoms with Crippen LogP contribution in [0, 0.1) is 23.2 Å². The first-order valence-corrected chi connectivity index (χ1v) is 9.42. The van der Waals surface area contributed by atoms with Gasteiger partial charge in [0.25, 0.3) is 0 Å². The van der Waals surface area contributed by atoms with Gasteiger partial charge in [0, 0.05) is 0 Å². The van der Waals surface area contributed by atoms with Crippen molar-refractivity contribution in [2.24, 2.45) is 23.2 Å². The highest BCUT2D eigenvalue weighted by Gasteiger charge is 2.61. The average molecular weight is 303 g/mol. The molecule has 0 saturated heterocycles. The Morgan fingerprint density at radius 3 is 2.23 bits per heavy atom. The van der Waals surface area contributed by atoms with Gasteiger partial charge in [-0.2, -0.15) is 0 Å². The zero-order valence-electron chi connectivity index (χ0n) is 14.9. The molecule has 4 rings (SSSR count). The van der Waals surface area contributed by atoms with Crippen LogP contribution in [0.25, 0.3) is 0 Å². The Bertz CT molecular complexity index is 445. The predicted octanol–water partition coefficient (Wildman–Crippen LogP) is 6.26. The van der Waals surface area contributed by atoms with E-state index in [2.05, 4.69) is 27.0 Å². The molecule has 4 saturated carbocycles. The van der Waals surface area contributed by atoms with Crippen molar-refractivity contribution < 1.29 is 4.74 Å². The first-order chi connectivity index (χ1) is 10.4. The molecule has 0 aromatic rings. The van der Waals surface area contributed by atoms with E-state index in [-0.39, 0.29) is 5.60 Å². The average Bonchev–Trinajstić information content (AvgIpc) is 2.42. The summed E-state index contributed by atoms with van der Waals surface area (Å²) >= 11 is 0. The maximum Gasteiger partial charge on any atom is 0.115 e. The fourth-order valence-corrected chi connectivity index (χ4v) is 6.04. The highest BCUT2D eigenvalue weighted by molar-refractivity contribution is 5.20. The SMILES string of the molecule is C=C(C)C(=C)OC1(CCCCC)C2CC3CC1CC(C)(C3)C2. The minimum atomic E-state index is 0.0711. The first kappa shape index (κ1) is 16.1. The lowest BCUT2D eigenvalue weighted by Crippen LogP contribution is -2.61. The van der Waals surface area contributed by atoms with E-state index in [9.17, 15) is 0 Å². The highest BCUT2D eigenvalue weighted by atomic mass is 16.5. The Kier molecular flexibility index (Phi) is 4.20. The summed E-state index contributed by atoms with van der Waals surface area (Å²) in [5.41, 5.74) is 1.66. The van der Waals surface area contributed by atoms with Gasteiger partial charge in [0.15, 0.2) is 0 Å². The molecule has 4 bridgehead atoms. The molecule has 0 amide bonds. The topological polar surface area (TPSA) is 9.23 Å². The molecule has 0 radical (unpaired) electrons. The van der Waals surface area contributed by atoms with Crippen LogP contribution in [0.3, 0.4) is 0 Å². The summed E-state index contributed by atoms with van der Waals surface area (Å²) in [6.07, 6.45) is 12.1. The lowest BCUT2D eigenvalue weighted by molar-refractivity contribution is -0.208. The molecule has 0 aliphatic heterocycles. The van der Waals surface area contributed by atoms with Gasteiger partial charge in [0.2, 0.25) is 0 Å². The van der Waals surface area contributed by atoms with Crippen LogP contribution < -0.4 is 0 Å². The second-order valence-electron chi connectivity index (χ2n) is 8.87. The van der Waals surface area contributed by atoms with Gasteiger partial charge in [0.1, 0.15) is 11.4 Å². The van der Waals surface area contributed by atoms with Gasteiger partial charge in [-0.3, -0.25) is 0 Å². The zero-order valence-corrected chi connectivity index (χ0v) is 14.9. The summed E-state index contributed by atoms with van der Waals surface area (Å²) in [7, 11) is 0. The van der Waals surface area contributed by atoms with E-state index in [1.807, 2.05) is 6.92 Å². The lowest BCUT2D eigenvalue weighted by Gasteiger charge is -2.64. The summed E-state index contributed by atoms with van der Waals surface area (Å²) in [6, 6.07) is 0. The molecule has 0 spiro atoms. The molecule has 1 nitrogen and oxygen atoms in total. The molecular formula is C21H34O. The van der Waals surface area contributed by atoms with Crippen molar-refractivity contribution in [1.82, 2.24) is 0 Å². The van der Waals surface area contributed by atoms with Crippen LogP contribution in [0.1, 0.15) is 78.6 Å². The monoisotopic (exact) mass is 302 g/mol. The molecular weight excluding hydrogens is 268 g/mol. The standard InChI is InChI=1S/C21H34O/c1-6-7-8-9-21(22-16(4)15(2)3)18-10-17-11-19(21)14-20(5,12-17)13-18/h17-19H,2,4,6-14H2,1,3,5H3. The predicted molar refractivity (Wildman–Crippen MR) is 93.6 cm³/mol. The van der Waals surface area contributed by atoms with Crippen LogP contribution in [0.4, 0.5) is 0 Å². The molecule has 2 unspecified atom stereocenters. The second-order valence-corrected chi connectivity index (χ2v) is 8.87. The minimum absolute atomic E-state index is 0.0711. The molecule has 4 aliphatic carbocycles. The van der Waals surface area contributed by atoms with Gasteiger partial charge in [-0.25, -0.2) is 0 Å². The van der Waals surface area contributed by atoms with Crippen molar-refractivity contribution in [3.05, 3.63) is 24.5 Å². The van der Waals surface area contributed by atoms with Gasteiger partial charge in [-0.1, -0.05) is 39.8 Å². The Balaban J connectivity index is 1.85. The van der Waals surface area contributed by atoms with Crippen molar-refractivity contribution in [3.63, 3.8) is 0 Å². The van der Waals surface area contributed by atoms with Gasteiger partial charge < -0.3 is 4.74 Å². The smallest absolute Gasteiger partial charge is 0.115 e. The summed E-state index contributed by atoms with van der Waals surface area (Å²) in [5.74, 6) is 3.30. The molecule has 22 heavy (non-hydrogen) atoms. The third-order valence-electron chi connectivity index (χ3n) is 6.84. The van der Waals surface area contributed by atoms with Crippen molar-refractivity contribution in [2.45, 2.75) is 84.2 Å². The van der Waals surface area contributed by atoms with E-state index in [4.69, 9.17) is 4.74 Å². The van der Waals surface area contributed by atoms with Gasteiger partial charge in [0.05, 0.1) is 0 Å². The van der Waals surface area contributed by atoms with Crippen molar-refractivity contribution in [3.8, 4) is 0 Å². The van der Waals surface area contributed by atoms with Gasteiger partial charge >= 0.3 is 0 Å². The molecule has 4 aliphatic rings. The van der Waals surface area contributed by atoms with Crippen LogP contribution in [-0.2, 0) is 4.74 Å². The number of ether oxygens (including phenoxy) is 1. The Morgan fingerprint density at radius 1 is 1.09 bits per heavy atom. The second kappa shape index (κ2) is 5.73. The molecule has 0 aromatic carbocycles. The van der Waals surface area contributed by atoms with Crippen LogP contribution in [0.15, 0.2) is 24.5 Å². The van der Waals surface area contributed by atoms with Gasteiger partial charge in [-0.05, 0) is 80.6 Å². The molecule has 0 heterocycles. The first-order valence-electron chi connectivity index (χ1n) is 9.42. The largest absolute Gasteiger partial charge is 0.487 e. The molecule has 0 aromatic heterocycles. The maximum absolute atomic E-state index is 6.67.